The van der Waals surface area contributed by atoms with Crippen molar-refractivity contribution in [2.24, 2.45) is 17.6 Å². The number of fused-ring (bicyclic) bond motifs is 1. The van der Waals surface area contributed by atoms with Crippen LogP contribution in [0.25, 0.3) is 0 Å². The molecule has 17 heavy (non-hydrogen) atoms. The van der Waals surface area contributed by atoms with Crippen molar-refractivity contribution in [1.82, 2.24) is 0 Å². The molecule has 2 aliphatic rings. The normalized spacial score (nSPS) is 46.5. The van der Waals surface area contributed by atoms with E-state index in [1.165, 1.54) is 0 Å². The third-order valence-electron chi connectivity index (χ3n) is 5.07. The molecule has 2 rings (SSSR count). The summed E-state index contributed by atoms with van der Waals surface area (Å²) in [6.45, 7) is 7.79. The van der Waals surface area contributed by atoms with Crippen LogP contribution in [0.1, 0.15) is 46.0 Å². The van der Waals surface area contributed by atoms with Crippen molar-refractivity contribution in [2.45, 2.75) is 57.1 Å². The van der Waals surface area contributed by atoms with Crippen molar-refractivity contribution < 1.29 is 9.90 Å². The molecule has 0 radical (unpaired) electrons. The highest BCUT2D eigenvalue weighted by atomic mass is 16.3. The van der Waals surface area contributed by atoms with Crippen LogP contribution in [-0.2, 0) is 4.79 Å². The highest BCUT2D eigenvalue weighted by molar-refractivity contribution is 5.83. The van der Waals surface area contributed by atoms with E-state index in [0.717, 1.165) is 18.4 Å². The van der Waals surface area contributed by atoms with Crippen LogP contribution in [0.4, 0.5) is 0 Å². The maximum absolute atomic E-state index is 11.8. The minimum Gasteiger partial charge on any atom is -0.387 e. The van der Waals surface area contributed by atoms with E-state index in [0.29, 0.717) is 25.2 Å². The van der Waals surface area contributed by atoms with Crippen LogP contribution in [0.15, 0.2) is 12.2 Å². The first-order valence-electron chi connectivity index (χ1n) is 6.49. The molecular formula is C14H23NO2. The predicted octanol–water partition coefficient (Wildman–Crippen LogP) is 1.79. The van der Waals surface area contributed by atoms with Gasteiger partial charge in [-0.3, -0.25) is 4.79 Å². The Kier molecular flexibility index (Phi) is 2.95. The molecule has 0 bridgehead atoms. The molecule has 3 nitrogen and oxygen atoms in total. The summed E-state index contributed by atoms with van der Waals surface area (Å²) in [6.07, 6.45) is 3.49. The first-order valence-corrected chi connectivity index (χ1v) is 6.49. The molecule has 96 valence electrons. The SMILES string of the molecule is C=C(C)[C@@H]1CC[C@]2(N)CCC(=O)[C@H](C)[C@]2(O)C1. The number of hydrogen-bond donors (Lipinski definition) is 2. The summed E-state index contributed by atoms with van der Waals surface area (Å²) < 4.78 is 0. The molecule has 0 saturated heterocycles. The summed E-state index contributed by atoms with van der Waals surface area (Å²) >= 11 is 0. The van der Waals surface area contributed by atoms with Gasteiger partial charge in [-0.05, 0) is 38.5 Å². The van der Waals surface area contributed by atoms with Gasteiger partial charge in [-0.15, -0.1) is 0 Å². The van der Waals surface area contributed by atoms with Crippen LogP contribution < -0.4 is 5.73 Å². The Morgan fingerprint density at radius 1 is 1.53 bits per heavy atom. The van der Waals surface area contributed by atoms with E-state index in [1.807, 2.05) is 13.8 Å². The highest BCUT2D eigenvalue weighted by Gasteiger charge is 2.58. The van der Waals surface area contributed by atoms with Gasteiger partial charge in [0.2, 0.25) is 0 Å². The number of rotatable bonds is 1. The Morgan fingerprint density at radius 2 is 2.18 bits per heavy atom. The molecule has 0 unspecified atom stereocenters. The maximum atomic E-state index is 11.8. The van der Waals surface area contributed by atoms with E-state index in [1.54, 1.807) is 0 Å². The Labute approximate surface area is 103 Å². The number of allylic oxidation sites excluding steroid dienone is 1. The van der Waals surface area contributed by atoms with Gasteiger partial charge in [0.05, 0.1) is 5.60 Å². The minimum absolute atomic E-state index is 0.149. The van der Waals surface area contributed by atoms with Gasteiger partial charge in [0.1, 0.15) is 5.78 Å². The molecule has 3 N–H and O–H groups in total. The number of carbonyl (C=O) groups excluding carboxylic acids is 1. The molecule has 0 amide bonds. The van der Waals surface area contributed by atoms with Crippen molar-refractivity contribution in [1.29, 1.82) is 0 Å². The molecule has 0 aromatic heterocycles. The lowest BCUT2D eigenvalue weighted by Crippen LogP contribution is -2.70. The molecule has 0 heterocycles. The first-order chi connectivity index (χ1) is 7.80. The molecule has 2 aliphatic carbocycles. The predicted molar refractivity (Wildman–Crippen MR) is 67.4 cm³/mol. The van der Waals surface area contributed by atoms with Gasteiger partial charge in [0.15, 0.2) is 0 Å². The number of nitrogens with two attached hydrogens (primary N) is 1. The fourth-order valence-corrected chi connectivity index (χ4v) is 3.53. The van der Waals surface area contributed by atoms with Gasteiger partial charge in [0, 0.05) is 17.9 Å². The van der Waals surface area contributed by atoms with Gasteiger partial charge in [0.25, 0.3) is 0 Å². The second-order valence-corrected chi connectivity index (χ2v) is 6.05. The van der Waals surface area contributed by atoms with Crippen molar-refractivity contribution >= 4 is 5.78 Å². The standard InChI is InChI=1S/C14H23NO2/c1-9(2)11-4-6-13(15)7-5-12(16)10(3)14(13,17)8-11/h10-11,17H,1,4-8,15H2,2-3H3/t10-,11+,13-,14+/m0/s1. The third-order valence-corrected chi connectivity index (χ3v) is 5.07. The summed E-state index contributed by atoms with van der Waals surface area (Å²) in [5, 5.41) is 10.9. The Hall–Kier alpha value is -0.670. The van der Waals surface area contributed by atoms with Gasteiger partial charge in [-0.25, -0.2) is 0 Å². The first kappa shape index (κ1) is 12.8. The molecule has 2 fully saturated rings. The van der Waals surface area contributed by atoms with E-state index >= 15 is 0 Å². The smallest absolute Gasteiger partial charge is 0.138 e. The van der Waals surface area contributed by atoms with Crippen LogP contribution in [0, 0.1) is 11.8 Å². The Bertz CT molecular complexity index is 365. The minimum atomic E-state index is -1.04. The summed E-state index contributed by atoms with van der Waals surface area (Å²) in [5.74, 6) is 0.101. The molecule has 4 atom stereocenters. The van der Waals surface area contributed by atoms with Crippen molar-refractivity contribution in [3.05, 3.63) is 12.2 Å². The van der Waals surface area contributed by atoms with E-state index in [9.17, 15) is 9.90 Å². The number of aliphatic hydroxyl groups is 1. The molecule has 0 aliphatic heterocycles. The maximum Gasteiger partial charge on any atom is 0.138 e. The van der Waals surface area contributed by atoms with E-state index in [2.05, 4.69) is 6.58 Å². The fourth-order valence-electron chi connectivity index (χ4n) is 3.53. The van der Waals surface area contributed by atoms with Crippen LogP contribution in [0.2, 0.25) is 0 Å². The van der Waals surface area contributed by atoms with Gasteiger partial charge < -0.3 is 10.8 Å². The molecule has 0 aromatic rings. The Morgan fingerprint density at radius 3 is 2.76 bits per heavy atom. The van der Waals surface area contributed by atoms with Crippen molar-refractivity contribution in [3.8, 4) is 0 Å². The summed E-state index contributed by atoms with van der Waals surface area (Å²) in [4.78, 5) is 11.8. The zero-order valence-corrected chi connectivity index (χ0v) is 10.8. The summed E-state index contributed by atoms with van der Waals surface area (Å²) in [6, 6.07) is 0. The van der Waals surface area contributed by atoms with Crippen LogP contribution in [0.3, 0.4) is 0 Å². The second-order valence-electron chi connectivity index (χ2n) is 6.05. The largest absolute Gasteiger partial charge is 0.387 e. The number of Topliss-reactive ketones (excluding diaryl/α,β-unsaturated/α-hetero) is 1. The van der Waals surface area contributed by atoms with Gasteiger partial charge in [-0.1, -0.05) is 19.1 Å². The number of hydrogen-bond acceptors (Lipinski definition) is 3. The molecule has 2 saturated carbocycles. The second kappa shape index (κ2) is 3.92. The highest BCUT2D eigenvalue weighted by Crippen LogP contribution is 2.50. The molecule has 0 aromatic carbocycles. The van der Waals surface area contributed by atoms with Crippen LogP contribution in [0.5, 0.6) is 0 Å². The lowest BCUT2D eigenvalue weighted by Gasteiger charge is -2.55. The van der Waals surface area contributed by atoms with Gasteiger partial charge in [-0.2, -0.15) is 0 Å². The third kappa shape index (κ3) is 1.76. The average Bonchev–Trinajstić information content (AvgIpc) is 2.27. The Balaban J connectivity index is 2.32. The van der Waals surface area contributed by atoms with E-state index < -0.39 is 11.1 Å². The summed E-state index contributed by atoms with van der Waals surface area (Å²) in [7, 11) is 0. The fraction of sp³-hybridized carbons (Fsp3) is 0.786. The average molecular weight is 237 g/mol. The van der Waals surface area contributed by atoms with E-state index in [4.69, 9.17) is 5.73 Å². The van der Waals surface area contributed by atoms with Crippen molar-refractivity contribution in [2.75, 3.05) is 0 Å². The van der Waals surface area contributed by atoms with Gasteiger partial charge >= 0.3 is 0 Å². The summed E-state index contributed by atoms with van der Waals surface area (Å²) in [5.41, 5.74) is 5.86. The molecule has 3 heteroatoms. The van der Waals surface area contributed by atoms with Crippen LogP contribution >= 0.6 is 0 Å². The topological polar surface area (TPSA) is 63.3 Å². The molecule has 0 spiro atoms. The monoisotopic (exact) mass is 237 g/mol. The molecular weight excluding hydrogens is 214 g/mol. The quantitative estimate of drug-likeness (QED) is 0.683. The lowest BCUT2D eigenvalue weighted by atomic mass is 9.55. The van der Waals surface area contributed by atoms with Crippen molar-refractivity contribution in [3.63, 3.8) is 0 Å². The lowest BCUT2D eigenvalue weighted by molar-refractivity contribution is -0.160. The van der Waals surface area contributed by atoms with E-state index in [-0.39, 0.29) is 11.7 Å². The van der Waals surface area contributed by atoms with Crippen LogP contribution in [-0.4, -0.2) is 22.0 Å². The number of carbonyl (C=O) groups is 1. The number of ketones is 1. The zero-order chi connectivity index (χ0) is 12.8. The zero-order valence-electron chi connectivity index (χ0n) is 10.8.